The number of carbonyl (C=O) groups excluding carboxylic acids is 2. The number of ether oxygens (including phenoxy) is 1. The summed E-state index contributed by atoms with van der Waals surface area (Å²) < 4.78 is 32.3. The first-order valence-electron chi connectivity index (χ1n) is 8.01. The molecule has 28 heavy (non-hydrogen) atoms. The van der Waals surface area contributed by atoms with Gasteiger partial charge in [0, 0.05) is 23.6 Å². The molecule has 9 heteroatoms. The largest absolute Gasteiger partial charge is 0.487 e. The van der Waals surface area contributed by atoms with Crippen LogP contribution in [0.25, 0.3) is 0 Å². The number of amides is 2. The lowest BCUT2D eigenvalue weighted by atomic mass is 10.2. The highest BCUT2D eigenvalue weighted by Crippen LogP contribution is 2.19. The molecule has 0 aliphatic carbocycles. The van der Waals surface area contributed by atoms with Crippen molar-refractivity contribution in [3.8, 4) is 5.75 Å². The summed E-state index contributed by atoms with van der Waals surface area (Å²) >= 11 is 0. The summed E-state index contributed by atoms with van der Waals surface area (Å²) in [4.78, 5) is 30.6. The van der Waals surface area contributed by atoms with Crippen LogP contribution in [0.3, 0.4) is 0 Å². The lowest BCUT2D eigenvalue weighted by Crippen LogP contribution is -2.13. The van der Waals surface area contributed by atoms with Crippen LogP contribution in [0.5, 0.6) is 5.75 Å². The second-order valence-electron chi connectivity index (χ2n) is 5.69. The van der Waals surface area contributed by atoms with Gasteiger partial charge in [-0.2, -0.15) is 4.39 Å². The lowest BCUT2D eigenvalue weighted by molar-refractivity contribution is 0.0996. The standard InChI is InChI=1S/C19H14F2N4O3/c20-16-3-2-14(25-19(27)11-1-4-17(21)24-8-11)5-13(16)10-28-15-6-12(18(22)26)7-23-9-15/h1-9H,10H2,(H2,22,26)(H,25,27). The van der Waals surface area contributed by atoms with Crippen LogP contribution in [0.2, 0.25) is 0 Å². The van der Waals surface area contributed by atoms with Gasteiger partial charge in [0.2, 0.25) is 11.9 Å². The molecular formula is C19H14F2N4O3. The Bertz CT molecular complexity index is 1030. The van der Waals surface area contributed by atoms with Crippen LogP contribution >= 0.6 is 0 Å². The molecule has 2 aromatic heterocycles. The van der Waals surface area contributed by atoms with Crippen LogP contribution in [-0.4, -0.2) is 21.8 Å². The number of aromatic nitrogens is 2. The summed E-state index contributed by atoms with van der Waals surface area (Å²) in [5, 5.41) is 2.57. The summed E-state index contributed by atoms with van der Waals surface area (Å²) in [5.74, 6) is -2.19. The average molecular weight is 384 g/mol. The number of halogens is 2. The Morgan fingerprint density at radius 2 is 1.86 bits per heavy atom. The van der Waals surface area contributed by atoms with Gasteiger partial charge in [-0.05, 0) is 36.4 Å². The molecule has 3 rings (SSSR count). The molecule has 3 aromatic rings. The first kappa shape index (κ1) is 18.9. The van der Waals surface area contributed by atoms with E-state index in [1.165, 1.54) is 42.7 Å². The minimum Gasteiger partial charge on any atom is -0.487 e. The Labute approximate surface area is 158 Å². The third-order valence-electron chi connectivity index (χ3n) is 3.69. The zero-order valence-corrected chi connectivity index (χ0v) is 14.4. The fourth-order valence-corrected chi connectivity index (χ4v) is 2.27. The van der Waals surface area contributed by atoms with Crippen LogP contribution in [0.4, 0.5) is 14.5 Å². The number of nitrogens with zero attached hydrogens (tertiary/aromatic N) is 2. The van der Waals surface area contributed by atoms with Gasteiger partial charge in [0.1, 0.15) is 18.2 Å². The van der Waals surface area contributed by atoms with Crippen LogP contribution < -0.4 is 15.8 Å². The van der Waals surface area contributed by atoms with E-state index in [1.807, 2.05) is 0 Å². The molecule has 7 nitrogen and oxygen atoms in total. The number of nitrogens with one attached hydrogen (secondary N) is 1. The van der Waals surface area contributed by atoms with E-state index in [0.717, 1.165) is 12.3 Å². The molecule has 0 bridgehead atoms. The number of rotatable bonds is 6. The van der Waals surface area contributed by atoms with Crippen molar-refractivity contribution < 1.29 is 23.1 Å². The molecule has 1 aromatic carbocycles. The first-order chi connectivity index (χ1) is 13.4. The predicted octanol–water partition coefficient (Wildman–Crippen LogP) is 2.69. The van der Waals surface area contributed by atoms with E-state index in [4.69, 9.17) is 10.5 Å². The molecule has 3 N–H and O–H groups in total. The summed E-state index contributed by atoms with van der Waals surface area (Å²) in [6.45, 7) is -0.169. The van der Waals surface area contributed by atoms with E-state index < -0.39 is 23.6 Å². The molecule has 0 saturated carbocycles. The van der Waals surface area contributed by atoms with Gasteiger partial charge >= 0.3 is 0 Å². The van der Waals surface area contributed by atoms with Gasteiger partial charge in [-0.15, -0.1) is 0 Å². The highest BCUT2D eigenvalue weighted by molar-refractivity contribution is 6.04. The van der Waals surface area contributed by atoms with Crippen molar-refractivity contribution in [2.45, 2.75) is 6.61 Å². The molecule has 142 valence electrons. The van der Waals surface area contributed by atoms with Crippen LogP contribution in [0.15, 0.2) is 55.0 Å². The van der Waals surface area contributed by atoms with Crippen molar-refractivity contribution in [2.24, 2.45) is 5.73 Å². The van der Waals surface area contributed by atoms with Gasteiger partial charge in [-0.3, -0.25) is 14.6 Å². The van der Waals surface area contributed by atoms with E-state index >= 15 is 0 Å². The maximum Gasteiger partial charge on any atom is 0.257 e. The van der Waals surface area contributed by atoms with Crippen molar-refractivity contribution in [1.82, 2.24) is 9.97 Å². The molecule has 0 saturated heterocycles. The summed E-state index contributed by atoms with van der Waals surface area (Å²) in [6, 6.07) is 7.69. The maximum atomic E-state index is 14.1. The second kappa shape index (κ2) is 8.21. The van der Waals surface area contributed by atoms with E-state index in [1.54, 1.807) is 0 Å². The average Bonchev–Trinajstić information content (AvgIpc) is 2.69. The Balaban J connectivity index is 1.71. The number of hydrogen-bond acceptors (Lipinski definition) is 5. The molecule has 0 unspecified atom stereocenters. The molecule has 0 atom stereocenters. The molecular weight excluding hydrogens is 370 g/mol. The normalized spacial score (nSPS) is 10.4. The Morgan fingerprint density at radius 1 is 1.04 bits per heavy atom. The maximum absolute atomic E-state index is 14.1. The van der Waals surface area contributed by atoms with E-state index in [-0.39, 0.29) is 29.0 Å². The van der Waals surface area contributed by atoms with Crippen molar-refractivity contribution in [3.05, 3.63) is 83.4 Å². The Hall–Kier alpha value is -3.88. The number of hydrogen-bond donors (Lipinski definition) is 2. The zero-order chi connectivity index (χ0) is 20.1. The highest BCUT2D eigenvalue weighted by atomic mass is 19.1. The molecule has 2 heterocycles. The molecule has 0 aliphatic heterocycles. The van der Waals surface area contributed by atoms with Gasteiger partial charge in [0.25, 0.3) is 5.91 Å². The third-order valence-corrected chi connectivity index (χ3v) is 3.69. The summed E-state index contributed by atoms with van der Waals surface area (Å²) in [6.07, 6.45) is 3.74. The lowest BCUT2D eigenvalue weighted by Gasteiger charge is -2.10. The monoisotopic (exact) mass is 384 g/mol. The topological polar surface area (TPSA) is 107 Å². The number of primary amides is 1. The number of pyridine rings is 2. The quantitative estimate of drug-likeness (QED) is 0.636. The van der Waals surface area contributed by atoms with Crippen LogP contribution in [-0.2, 0) is 6.61 Å². The summed E-state index contributed by atoms with van der Waals surface area (Å²) in [5.41, 5.74) is 5.97. The van der Waals surface area contributed by atoms with Gasteiger partial charge < -0.3 is 15.8 Å². The molecule has 0 spiro atoms. The van der Waals surface area contributed by atoms with E-state index in [2.05, 4.69) is 15.3 Å². The molecule has 0 radical (unpaired) electrons. The van der Waals surface area contributed by atoms with Gasteiger partial charge in [0.15, 0.2) is 0 Å². The van der Waals surface area contributed by atoms with Crippen LogP contribution in [0, 0.1) is 11.8 Å². The number of carbonyl (C=O) groups is 2. The zero-order valence-electron chi connectivity index (χ0n) is 14.4. The fourth-order valence-electron chi connectivity index (χ4n) is 2.27. The molecule has 0 fully saturated rings. The van der Waals surface area contributed by atoms with Gasteiger partial charge in [-0.1, -0.05) is 0 Å². The fraction of sp³-hybridized carbons (Fsp3) is 0.0526. The second-order valence-corrected chi connectivity index (χ2v) is 5.69. The first-order valence-corrected chi connectivity index (χ1v) is 8.01. The Kier molecular flexibility index (Phi) is 5.54. The molecule has 0 aliphatic rings. The van der Waals surface area contributed by atoms with E-state index in [0.29, 0.717) is 5.69 Å². The predicted molar refractivity (Wildman–Crippen MR) is 95.6 cm³/mol. The minimum atomic E-state index is -0.701. The minimum absolute atomic E-state index is 0.151. The Morgan fingerprint density at radius 3 is 2.57 bits per heavy atom. The highest BCUT2D eigenvalue weighted by Gasteiger charge is 2.11. The van der Waals surface area contributed by atoms with Crippen molar-refractivity contribution in [3.63, 3.8) is 0 Å². The number of anilines is 1. The van der Waals surface area contributed by atoms with E-state index in [9.17, 15) is 18.4 Å². The number of nitrogens with two attached hydrogens (primary N) is 1. The van der Waals surface area contributed by atoms with Crippen LogP contribution in [0.1, 0.15) is 26.3 Å². The SMILES string of the molecule is NC(=O)c1cncc(OCc2cc(NC(=O)c3ccc(F)nc3)ccc2F)c1. The smallest absolute Gasteiger partial charge is 0.257 e. The third kappa shape index (κ3) is 4.64. The van der Waals surface area contributed by atoms with Gasteiger partial charge in [-0.25, -0.2) is 9.37 Å². The summed E-state index contributed by atoms with van der Waals surface area (Å²) in [7, 11) is 0. The molecule has 2 amide bonds. The van der Waals surface area contributed by atoms with Crippen molar-refractivity contribution in [1.29, 1.82) is 0 Å². The van der Waals surface area contributed by atoms with Crippen molar-refractivity contribution >= 4 is 17.5 Å². The van der Waals surface area contributed by atoms with Crippen molar-refractivity contribution in [2.75, 3.05) is 5.32 Å². The number of benzene rings is 1. The van der Waals surface area contributed by atoms with Gasteiger partial charge in [0.05, 0.1) is 17.3 Å².